The minimum absolute atomic E-state index is 1.07. The summed E-state index contributed by atoms with van der Waals surface area (Å²) in [7, 11) is 0. The van der Waals surface area contributed by atoms with Crippen molar-refractivity contribution in [2.24, 2.45) is 0 Å². The number of piperazine rings is 1. The topological polar surface area (TPSA) is 6.48 Å². The largest absolute Gasteiger partial charge is 0.369 e. The summed E-state index contributed by atoms with van der Waals surface area (Å²) in [5.74, 6) is 0. The van der Waals surface area contributed by atoms with E-state index in [1.165, 1.54) is 29.7 Å². The Bertz CT molecular complexity index is 570. The Labute approximate surface area is 148 Å². The Kier molecular flexibility index (Phi) is 7.84. The fourth-order valence-corrected chi connectivity index (χ4v) is 2.91. The lowest BCUT2D eigenvalue weighted by Gasteiger charge is -2.36. The maximum Gasteiger partial charge on any atom is 0.0396 e. The van der Waals surface area contributed by atoms with Gasteiger partial charge in [0.2, 0.25) is 0 Å². The molecule has 1 heterocycles. The van der Waals surface area contributed by atoms with Crippen molar-refractivity contribution >= 4 is 5.69 Å². The second kappa shape index (κ2) is 10.1. The first-order valence-electron chi connectivity index (χ1n) is 9.31. The van der Waals surface area contributed by atoms with Crippen molar-refractivity contribution in [1.82, 2.24) is 4.90 Å². The molecule has 24 heavy (non-hydrogen) atoms. The molecule has 0 amide bonds. The number of aryl methyl sites for hydroxylation is 1. The number of unbranched alkanes of at least 4 members (excludes halogenated alkanes) is 1. The van der Waals surface area contributed by atoms with Crippen molar-refractivity contribution in [3.8, 4) is 0 Å². The molecule has 1 saturated heterocycles. The summed E-state index contributed by atoms with van der Waals surface area (Å²) >= 11 is 0. The van der Waals surface area contributed by atoms with Gasteiger partial charge in [-0.1, -0.05) is 75.2 Å². The number of benzene rings is 2. The van der Waals surface area contributed by atoms with Gasteiger partial charge in [-0.25, -0.2) is 0 Å². The summed E-state index contributed by atoms with van der Waals surface area (Å²) in [5, 5.41) is 0. The molecule has 2 aromatic carbocycles. The van der Waals surface area contributed by atoms with Crippen LogP contribution in [0, 0.1) is 6.92 Å². The van der Waals surface area contributed by atoms with Crippen molar-refractivity contribution in [3.05, 3.63) is 65.7 Å². The van der Waals surface area contributed by atoms with Crippen LogP contribution in [0.15, 0.2) is 54.6 Å². The molecular weight excluding hydrogens is 292 g/mol. The van der Waals surface area contributed by atoms with Crippen LogP contribution < -0.4 is 4.90 Å². The molecule has 2 aromatic rings. The van der Waals surface area contributed by atoms with Gasteiger partial charge in [0.05, 0.1) is 0 Å². The molecule has 0 radical (unpaired) electrons. The summed E-state index contributed by atoms with van der Waals surface area (Å²) in [6, 6.07) is 19.5. The second-order valence-electron chi connectivity index (χ2n) is 6.54. The summed E-state index contributed by atoms with van der Waals surface area (Å²) in [5.41, 5.74) is 4.19. The predicted molar refractivity (Wildman–Crippen MR) is 106 cm³/mol. The molecule has 1 aliphatic heterocycles. The van der Waals surface area contributed by atoms with Gasteiger partial charge in [0.15, 0.2) is 0 Å². The van der Waals surface area contributed by atoms with Gasteiger partial charge in [-0.05, 0) is 24.1 Å². The Morgan fingerprint density at radius 2 is 1.33 bits per heavy atom. The fourth-order valence-electron chi connectivity index (χ4n) is 2.91. The van der Waals surface area contributed by atoms with E-state index in [9.17, 15) is 0 Å². The molecule has 0 spiro atoms. The van der Waals surface area contributed by atoms with Gasteiger partial charge in [-0.3, -0.25) is 4.90 Å². The SMILES string of the molecule is CCCC.Cc1ccccc1N1CCN(Cc2ccccc2)CC1. The minimum Gasteiger partial charge on any atom is -0.369 e. The minimum atomic E-state index is 1.07. The summed E-state index contributed by atoms with van der Waals surface area (Å²) < 4.78 is 0. The van der Waals surface area contributed by atoms with Crippen LogP contribution in [0.3, 0.4) is 0 Å². The van der Waals surface area contributed by atoms with Crippen molar-refractivity contribution in [2.45, 2.75) is 40.2 Å². The molecule has 0 aromatic heterocycles. The zero-order chi connectivity index (χ0) is 17.2. The third kappa shape index (κ3) is 5.68. The number of hydrogen-bond donors (Lipinski definition) is 0. The van der Waals surface area contributed by atoms with E-state index in [2.05, 4.69) is 85.2 Å². The number of anilines is 1. The number of hydrogen-bond acceptors (Lipinski definition) is 2. The van der Waals surface area contributed by atoms with E-state index in [1.54, 1.807) is 0 Å². The summed E-state index contributed by atoms with van der Waals surface area (Å²) in [4.78, 5) is 5.06. The van der Waals surface area contributed by atoms with Gasteiger partial charge in [0.25, 0.3) is 0 Å². The molecule has 3 rings (SSSR count). The molecule has 0 atom stereocenters. The Morgan fingerprint density at radius 1 is 0.750 bits per heavy atom. The normalized spacial score (nSPS) is 14.9. The number of rotatable bonds is 4. The molecule has 0 aliphatic carbocycles. The van der Waals surface area contributed by atoms with Crippen LogP contribution in [0.1, 0.15) is 37.8 Å². The van der Waals surface area contributed by atoms with Gasteiger partial charge in [-0.2, -0.15) is 0 Å². The Hall–Kier alpha value is -1.80. The van der Waals surface area contributed by atoms with Gasteiger partial charge in [0, 0.05) is 38.4 Å². The highest BCUT2D eigenvalue weighted by Crippen LogP contribution is 2.21. The molecule has 1 aliphatic rings. The van der Waals surface area contributed by atoms with E-state index in [0.29, 0.717) is 0 Å². The summed E-state index contributed by atoms with van der Waals surface area (Å²) in [6.45, 7) is 12.2. The monoisotopic (exact) mass is 324 g/mol. The third-order valence-electron chi connectivity index (χ3n) is 4.58. The van der Waals surface area contributed by atoms with Gasteiger partial charge in [0.1, 0.15) is 0 Å². The van der Waals surface area contributed by atoms with E-state index in [0.717, 1.165) is 32.7 Å². The van der Waals surface area contributed by atoms with Crippen molar-refractivity contribution in [2.75, 3.05) is 31.1 Å². The highest BCUT2D eigenvalue weighted by atomic mass is 15.3. The van der Waals surface area contributed by atoms with Crippen LogP contribution >= 0.6 is 0 Å². The average Bonchev–Trinajstić information content (AvgIpc) is 2.64. The van der Waals surface area contributed by atoms with Crippen LogP contribution in [0.4, 0.5) is 5.69 Å². The first-order valence-corrected chi connectivity index (χ1v) is 9.31. The van der Waals surface area contributed by atoms with E-state index in [4.69, 9.17) is 0 Å². The van der Waals surface area contributed by atoms with Crippen LogP contribution in [-0.2, 0) is 6.54 Å². The lowest BCUT2D eigenvalue weighted by molar-refractivity contribution is 0.250. The lowest BCUT2D eigenvalue weighted by Crippen LogP contribution is -2.46. The quantitative estimate of drug-likeness (QED) is 0.770. The van der Waals surface area contributed by atoms with Crippen molar-refractivity contribution < 1.29 is 0 Å². The van der Waals surface area contributed by atoms with Gasteiger partial charge < -0.3 is 4.90 Å². The standard InChI is InChI=1S/C18H22N2.C4H10/c1-16-7-5-6-10-18(16)20-13-11-19(12-14-20)15-17-8-3-2-4-9-17;1-3-4-2/h2-10H,11-15H2,1H3;3-4H2,1-2H3. The van der Waals surface area contributed by atoms with E-state index >= 15 is 0 Å². The van der Waals surface area contributed by atoms with E-state index < -0.39 is 0 Å². The molecule has 0 bridgehead atoms. The average molecular weight is 325 g/mol. The molecule has 0 unspecified atom stereocenters. The zero-order valence-electron chi connectivity index (χ0n) is 15.5. The molecule has 130 valence electrons. The first-order chi connectivity index (χ1) is 11.7. The molecule has 2 heteroatoms. The summed E-state index contributed by atoms with van der Waals surface area (Å²) in [6.07, 6.45) is 2.64. The van der Waals surface area contributed by atoms with Crippen LogP contribution in [0.25, 0.3) is 0 Å². The smallest absolute Gasteiger partial charge is 0.0396 e. The lowest BCUT2D eigenvalue weighted by atomic mass is 10.1. The maximum atomic E-state index is 2.55. The highest BCUT2D eigenvalue weighted by Gasteiger charge is 2.17. The van der Waals surface area contributed by atoms with Crippen LogP contribution in [-0.4, -0.2) is 31.1 Å². The molecule has 1 fully saturated rings. The Morgan fingerprint density at radius 3 is 1.92 bits per heavy atom. The van der Waals surface area contributed by atoms with Crippen molar-refractivity contribution in [1.29, 1.82) is 0 Å². The fraction of sp³-hybridized carbons (Fsp3) is 0.455. The number of nitrogens with zero attached hydrogens (tertiary/aromatic N) is 2. The first kappa shape index (κ1) is 18.5. The van der Waals surface area contributed by atoms with Gasteiger partial charge in [-0.15, -0.1) is 0 Å². The molecule has 2 nitrogen and oxygen atoms in total. The second-order valence-corrected chi connectivity index (χ2v) is 6.54. The third-order valence-corrected chi connectivity index (χ3v) is 4.58. The number of para-hydroxylation sites is 1. The van der Waals surface area contributed by atoms with Crippen molar-refractivity contribution in [3.63, 3.8) is 0 Å². The Balaban J connectivity index is 0.000000471. The maximum absolute atomic E-state index is 2.55. The van der Waals surface area contributed by atoms with Crippen LogP contribution in [0.5, 0.6) is 0 Å². The molecule has 0 N–H and O–H groups in total. The van der Waals surface area contributed by atoms with E-state index in [-0.39, 0.29) is 0 Å². The zero-order valence-corrected chi connectivity index (χ0v) is 15.5. The van der Waals surface area contributed by atoms with Gasteiger partial charge >= 0.3 is 0 Å². The van der Waals surface area contributed by atoms with Crippen LogP contribution in [0.2, 0.25) is 0 Å². The molecule has 0 saturated carbocycles. The highest BCUT2D eigenvalue weighted by molar-refractivity contribution is 5.53. The van der Waals surface area contributed by atoms with E-state index in [1.807, 2.05) is 0 Å². The molecular formula is C22H32N2. The predicted octanol–water partition coefficient (Wildman–Crippen LogP) is 5.12.